The van der Waals surface area contributed by atoms with Crippen LogP contribution >= 0.6 is 11.3 Å². The first kappa shape index (κ1) is 13.1. The van der Waals surface area contributed by atoms with Crippen LogP contribution in [0.5, 0.6) is 0 Å². The molecule has 2 aromatic heterocycles. The fourth-order valence-electron chi connectivity index (χ4n) is 2.24. The van der Waals surface area contributed by atoms with E-state index >= 15 is 0 Å². The van der Waals surface area contributed by atoms with Crippen molar-refractivity contribution in [2.75, 3.05) is 18.0 Å². The largest absolute Gasteiger partial charge is 0.477 e. The number of H-pyrrole nitrogens is 1. The van der Waals surface area contributed by atoms with Crippen molar-refractivity contribution in [2.45, 2.75) is 18.9 Å². The highest BCUT2D eigenvalue weighted by Crippen LogP contribution is 2.28. The molecule has 1 aliphatic rings. The Bertz CT molecular complexity index is 715. The van der Waals surface area contributed by atoms with Crippen LogP contribution in [0.3, 0.4) is 0 Å². The molecule has 0 amide bonds. The normalized spacial score (nSPS) is 16.8. The van der Waals surface area contributed by atoms with Gasteiger partial charge in [0.1, 0.15) is 15.9 Å². The van der Waals surface area contributed by atoms with Crippen LogP contribution in [-0.2, 0) is 0 Å². The summed E-state index contributed by atoms with van der Waals surface area (Å²) < 4.78 is 0. The van der Waals surface area contributed by atoms with Gasteiger partial charge in [0, 0.05) is 19.3 Å². The number of thiazole rings is 1. The van der Waals surface area contributed by atoms with E-state index in [9.17, 15) is 14.7 Å². The minimum atomic E-state index is -1.26. The highest BCUT2D eigenvalue weighted by Gasteiger charge is 2.22. The molecule has 3 heterocycles. The van der Waals surface area contributed by atoms with Gasteiger partial charge in [-0.15, -0.1) is 0 Å². The van der Waals surface area contributed by atoms with Crippen molar-refractivity contribution >= 4 is 32.8 Å². The third-order valence-corrected chi connectivity index (χ3v) is 4.44. The van der Waals surface area contributed by atoms with Crippen molar-refractivity contribution in [2.24, 2.45) is 0 Å². The van der Waals surface area contributed by atoms with Crippen molar-refractivity contribution < 1.29 is 15.0 Å². The fourth-order valence-corrected chi connectivity index (χ4v) is 3.23. The van der Waals surface area contributed by atoms with E-state index in [-0.39, 0.29) is 17.2 Å². The summed E-state index contributed by atoms with van der Waals surface area (Å²) >= 11 is 1.32. The van der Waals surface area contributed by atoms with Crippen molar-refractivity contribution in [3.05, 3.63) is 22.0 Å². The van der Waals surface area contributed by atoms with Gasteiger partial charge in [0.2, 0.25) is 5.43 Å². The molecule has 2 aromatic rings. The van der Waals surface area contributed by atoms with Gasteiger partial charge in [0.25, 0.3) is 0 Å². The fraction of sp³-hybridized carbons (Fsp3) is 0.417. The summed E-state index contributed by atoms with van der Waals surface area (Å²) in [5, 5.41) is 19.1. The van der Waals surface area contributed by atoms with Gasteiger partial charge in [-0.05, 0) is 12.8 Å². The molecule has 0 bridgehead atoms. The molecule has 1 fully saturated rings. The van der Waals surface area contributed by atoms with Crippen LogP contribution in [0.25, 0.3) is 10.3 Å². The summed E-state index contributed by atoms with van der Waals surface area (Å²) in [5.74, 6) is -1.26. The second-order valence-corrected chi connectivity index (χ2v) is 5.71. The first-order valence-electron chi connectivity index (χ1n) is 6.25. The Kier molecular flexibility index (Phi) is 3.19. The number of aliphatic hydroxyl groups excluding tert-OH is 1. The third-order valence-electron chi connectivity index (χ3n) is 3.39. The van der Waals surface area contributed by atoms with E-state index < -0.39 is 11.4 Å². The van der Waals surface area contributed by atoms with E-state index in [0.717, 1.165) is 0 Å². The van der Waals surface area contributed by atoms with E-state index in [0.29, 0.717) is 35.9 Å². The number of carboxylic acids is 1. The van der Waals surface area contributed by atoms with Crippen LogP contribution in [0.2, 0.25) is 0 Å². The first-order valence-corrected chi connectivity index (χ1v) is 7.06. The molecule has 3 N–H and O–H groups in total. The zero-order valence-corrected chi connectivity index (χ0v) is 11.3. The summed E-state index contributed by atoms with van der Waals surface area (Å²) in [4.78, 5) is 32.6. The summed E-state index contributed by atoms with van der Waals surface area (Å²) in [6.45, 7) is 1.36. The van der Waals surface area contributed by atoms with Crippen LogP contribution in [0.1, 0.15) is 23.2 Å². The topological polar surface area (TPSA) is 107 Å². The predicted octanol–water partition coefficient (Wildman–Crippen LogP) is 0.644. The monoisotopic (exact) mass is 295 g/mol. The molecule has 0 radical (unpaired) electrons. The van der Waals surface area contributed by atoms with Crippen LogP contribution < -0.4 is 10.3 Å². The number of aromatic carboxylic acids is 1. The molecule has 7 nitrogen and oxygen atoms in total. The molecule has 8 heteroatoms. The summed E-state index contributed by atoms with van der Waals surface area (Å²) in [6, 6.07) is 0. The van der Waals surface area contributed by atoms with Gasteiger partial charge in [-0.2, -0.15) is 0 Å². The third kappa shape index (κ3) is 2.16. The maximum Gasteiger partial charge on any atom is 0.341 e. The second kappa shape index (κ2) is 4.88. The molecule has 0 unspecified atom stereocenters. The standard InChI is InChI=1S/C12H13N3O4S/c16-6-1-3-15(4-2-6)12-14-8-9(17)7(11(18)19)5-13-10(8)20-12/h5-6,16H,1-4H2,(H,13,17)(H,18,19). The summed E-state index contributed by atoms with van der Waals surface area (Å²) in [5.41, 5.74) is -0.703. The number of nitrogens with one attached hydrogen (secondary N) is 1. The van der Waals surface area contributed by atoms with Crippen molar-refractivity contribution in [3.8, 4) is 0 Å². The maximum atomic E-state index is 12.0. The lowest BCUT2D eigenvalue weighted by Crippen LogP contribution is -2.35. The van der Waals surface area contributed by atoms with Crippen molar-refractivity contribution in [1.82, 2.24) is 9.97 Å². The average molecular weight is 295 g/mol. The number of aromatic nitrogens is 2. The van der Waals surface area contributed by atoms with E-state index in [1.54, 1.807) is 0 Å². The van der Waals surface area contributed by atoms with E-state index in [1.165, 1.54) is 17.5 Å². The van der Waals surface area contributed by atoms with Gasteiger partial charge in [0.15, 0.2) is 5.13 Å². The minimum Gasteiger partial charge on any atom is -0.477 e. The van der Waals surface area contributed by atoms with Crippen LogP contribution in [0.15, 0.2) is 11.0 Å². The number of fused-ring (bicyclic) bond motifs is 1. The van der Waals surface area contributed by atoms with Gasteiger partial charge >= 0.3 is 5.97 Å². The van der Waals surface area contributed by atoms with Crippen LogP contribution in [-0.4, -0.2) is 45.3 Å². The van der Waals surface area contributed by atoms with Gasteiger partial charge < -0.3 is 20.1 Å². The lowest BCUT2D eigenvalue weighted by atomic mass is 10.1. The molecule has 0 saturated carbocycles. The highest BCUT2D eigenvalue weighted by molar-refractivity contribution is 7.21. The van der Waals surface area contributed by atoms with E-state index in [2.05, 4.69) is 9.97 Å². The molecule has 0 aliphatic carbocycles. The Morgan fingerprint density at radius 3 is 2.80 bits per heavy atom. The van der Waals surface area contributed by atoms with Gasteiger partial charge in [-0.3, -0.25) is 4.79 Å². The SMILES string of the molecule is O=C(O)c1c[nH]c2sc(N3CCC(O)CC3)nc2c1=O. The first-order chi connectivity index (χ1) is 9.56. The molecule has 106 valence electrons. The van der Waals surface area contributed by atoms with E-state index in [4.69, 9.17) is 5.11 Å². The predicted molar refractivity (Wildman–Crippen MR) is 74.7 cm³/mol. The zero-order valence-electron chi connectivity index (χ0n) is 10.5. The molecule has 0 spiro atoms. The smallest absolute Gasteiger partial charge is 0.341 e. The summed E-state index contributed by atoms with van der Waals surface area (Å²) in [7, 11) is 0. The average Bonchev–Trinajstić information content (AvgIpc) is 2.84. The Balaban J connectivity index is 2.01. The Morgan fingerprint density at radius 2 is 2.15 bits per heavy atom. The quantitative estimate of drug-likeness (QED) is 0.751. The molecular formula is C12H13N3O4S. The van der Waals surface area contributed by atoms with Gasteiger partial charge in [-0.1, -0.05) is 11.3 Å². The minimum absolute atomic E-state index is 0.163. The number of pyridine rings is 1. The number of aliphatic hydroxyl groups is 1. The second-order valence-electron chi connectivity index (χ2n) is 4.73. The lowest BCUT2D eigenvalue weighted by molar-refractivity contribution is 0.0695. The van der Waals surface area contributed by atoms with Gasteiger partial charge in [0.05, 0.1) is 6.10 Å². The maximum absolute atomic E-state index is 12.0. The molecule has 3 rings (SSSR count). The molecule has 0 atom stereocenters. The van der Waals surface area contributed by atoms with Crippen molar-refractivity contribution in [3.63, 3.8) is 0 Å². The molecule has 1 saturated heterocycles. The van der Waals surface area contributed by atoms with Crippen molar-refractivity contribution in [1.29, 1.82) is 0 Å². The number of carbonyl (C=O) groups is 1. The molecule has 1 aliphatic heterocycles. The van der Waals surface area contributed by atoms with Crippen LogP contribution in [0, 0.1) is 0 Å². The molecular weight excluding hydrogens is 282 g/mol. The number of piperidine rings is 1. The zero-order chi connectivity index (χ0) is 14.3. The summed E-state index contributed by atoms with van der Waals surface area (Å²) in [6.07, 6.45) is 2.27. The number of anilines is 1. The Hall–Kier alpha value is -1.93. The lowest BCUT2D eigenvalue weighted by Gasteiger charge is -2.28. The van der Waals surface area contributed by atoms with E-state index in [1.807, 2.05) is 4.90 Å². The molecule has 20 heavy (non-hydrogen) atoms. The number of aromatic amines is 1. The number of hydrogen-bond acceptors (Lipinski definition) is 6. The Morgan fingerprint density at radius 1 is 1.45 bits per heavy atom. The number of nitrogens with zero attached hydrogens (tertiary/aromatic N) is 2. The molecule has 0 aromatic carbocycles. The van der Waals surface area contributed by atoms with Crippen LogP contribution in [0.4, 0.5) is 5.13 Å². The number of rotatable bonds is 2. The van der Waals surface area contributed by atoms with Gasteiger partial charge in [-0.25, -0.2) is 9.78 Å². The highest BCUT2D eigenvalue weighted by atomic mass is 32.1. The number of hydrogen-bond donors (Lipinski definition) is 3. The number of carboxylic acid groups (broad SMARTS) is 1. The Labute approximate surface area is 117 Å².